The first kappa shape index (κ1) is 35.9. The van der Waals surface area contributed by atoms with E-state index in [1.54, 1.807) is 0 Å². The summed E-state index contributed by atoms with van der Waals surface area (Å²) < 4.78 is 0. The molecule has 59 heavy (non-hydrogen) atoms. The van der Waals surface area contributed by atoms with Gasteiger partial charge in [0, 0.05) is 16.2 Å². The van der Waals surface area contributed by atoms with Crippen LogP contribution in [0.15, 0.2) is 147 Å². The molecule has 0 N–H and O–H groups in total. The summed E-state index contributed by atoms with van der Waals surface area (Å²) in [5.74, 6) is 0. The van der Waals surface area contributed by atoms with Crippen LogP contribution in [0.25, 0.3) is 88.3 Å². The highest BCUT2D eigenvalue weighted by molar-refractivity contribution is 6.23. The van der Waals surface area contributed by atoms with Crippen LogP contribution in [0.4, 0.5) is 0 Å². The summed E-state index contributed by atoms with van der Waals surface area (Å²) in [4.78, 5) is 0. The minimum atomic E-state index is -0.271. The Kier molecular flexibility index (Phi) is 7.25. The molecule has 0 heterocycles. The molecule has 0 bridgehead atoms. The van der Waals surface area contributed by atoms with Gasteiger partial charge in [0.1, 0.15) is 0 Å². The summed E-state index contributed by atoms with van der Waals surface area (Å²) >= 11 is 0. The number of rotatable bonds is 4. The molecule has 0 atom stereocenters. The molecule has 8 aromatic carbocycles. The number of hydrogen-bond donors (Lipinski definition) is 0. The van der Waals surface area contributed by atoms with Gasteiger partial charge in [-0.1, -0.05) is 187 Å². The Morgan fingerprint density at radius 1 is 0.356 bits per heavy atom. The lowest BCUT2D eigenvalue weighted by Crippen LogP contribution is -2.22. The maximum Gasteiger partial charge on any atom is 0.0165 e. The zero-order valence-electron chi connectivity index (χ0n) is 35.6. The lowest BCUT2D eigenvalue weighted by molar-refractivity contribution is 0.636. The van der Waals surface area contributed by atoms with Gasteiger partial charge in [0.15, 0.2) is 0 Å². The van der Waals surface area contributed by atoms with Crippen LogP contribution in [0.1, 0.15) is 99.9 Å². The summed E-state index contributed by atoms with van der Waals surface area (Å²) in [6, 6.07) is 50.9. The summed E-state index contributed by atoms with van der Waals surface area (Å²) in [6.07, 6.45) is 0. The van der Waals surface area contributed by atoms with Crippen LogP contribution >= 0.6 is 0 Å². The van der Waals surface area contributed by atoms with E-state index in [0.717, 1.165) is 11.1 Å². The fourth-order valence-electron chi connectivity index (χ4n) is 11.7. The number of allylic oxidation sites excluding steroid dienone is 2. The molecule has 3 aliphatic carbocycles. The van der Waals surface area contributed by atoms with Gasteiger partial charge in [-0.25, -0.2) is 0 Å². The first-order valence-electron chi connectivity index (χ1n) is 21.2. The van der Waals surface area contributed by atoms with Gasteiger partial charge in [0.25, 0.3) is 0 Å². The Morgan fingerprint density at radius 3 is 1.14 bits per heavy atom. The second-order valence-corrected chi connectivity index (χ2v) is 19.2. The molecule has 0 saturated heterocycles. The quantitative estimate of drug-likeness (QED) is 0.157. The van der Waals surface area contributed by atoms with Crippen LogP contribution < -0.4 is 0 Å². The summed E-state index contributed by atoms with van der Waals surface area (Å²) in [5, 5.41) is 5.12. The topological polar surface area (TPSA) is 0 Å². The Labute approximate surface area is 349 Å². The van der Waals surface area contributed by atoms with E-state index in [-0.39, 0.29) is 16.2 Å². The van der Waals surface area contributed by atoms with E-state index >= 15 is 0 Å². The maximum absolute atomic E-state index is 4.26. The third kappa shape index (κ3) is 4.61. The predicted molar refractivity (Wildman–Crippen MR) is 254 cm³/mol. The van der Waals surface area contributed by atoms with Crippen LogP contribution in [0.3, 0.4) is 0 Å². The van der Waals surface area contributed by atoms with Crippen LogP contribution in [-0.2, 0) is 16.2 Å². The van der Waals surface area contributed by atoms with Gasteiger partial charge in [-0.3, -0.25) is 0 Å². The standard InChI is InChI=1S/C59H50/c1-33(2)35-23-27-37(28-24-35)49-39-17-11-12-18-40(39)50(38-29-25-36(26-30-38)34(3)4)44-32-48-45(31-43(44)49)53-55-51(41-19-13-16-22-47(41)58(55,7)8)54-52(56(53)59(48,9)10)42-20-14-15-21-46(42)57(54,5)6/h11-32H,1,3H2,2,4-10H3. The van der Waals surface area contributed by atoms with Crippen molar-refractivity contribution in [1.82, 2.24) is 0 Å². The largest absolute Gasteiger partial charge is 0.0955 e. The fourth-order valence-corrected chi connectivity index (χ4v) is 11.7. The summed E-state index contributed by atoms with van der Waals surface area (Å²) in [7, 11) is 0. The van der Waals surface area contributed by atoms with Crippen molar-refractivity contribution in [2.75, 3.05) is 0 Å². The Bertz CT molecular complexity index is 3190. The molecule has 0 aliphatic heterocycles. The van der Waals surface area contributed by atoms with Crippen molar-refractivity contribution >= 4 is 32.7 Å². The molecule has 0 heteroatoms. The minimum Gasteiger partial charge on any atom is -0.0955 e. The second kappa shape index (κ2) is 11.9. The average Bonchev–Trinajstić information content (AvgIpc) is 3.71. The molecule has 0 radical (unpaired) electrons. The highest BCUT2D eigenvalue weighted by Gasteiger charge is 2.52. The van der Waals surface area contributed by atoms with Crippen molar-refractivity contribution < 1.29 is 0 Å². The smallest absolute Gasteiger partial charge is 0.0165 e. The van der Waals surface area contributed by atoms with Crippen molar-refractivity contribution in [2.24, 2.45) is 0 Å². The Balaban J connectivity index is 1.34. The van der Waals surface area contributed by atoms with E-state index in [9.17, 15) is 0 Å². The second-order valence-electron chi connectivity index (χ2n) is 19.2. The van der Waals surface area contributed by atoms with E-state index < -0.39 is 0 Å². The van der Waals surface area contributed by atoms with Crippen molar-refractivity contribution in [3.05, 3.63) is 191 Å². The molecule has 0 spiro atoms. The van der Waals surface area contributed by atoms with Crippen molar-refractivity contribution in [3.8, 4) is 55.6 Å². The molecule has 0 fully saturated rings. The molecule has 8 aromatic rings. The molecule has 0 amide bonds. The van der Waals surface area contributed by atoms with Crippen LogP contribution in [-0.4, -0.2) is 0 Å². The van der Waals surface area contributed by atoms with Crippen LogP contribution in [0.2, 0.25) is 0 Å². The van der Waals surface area contributed by atoms with Gasteiger partial charge in [-0.2, -0.15) is 0 Å². The Hall–Kier alpha value is -6.24. The number of hydrogen-bond acceptors (Lipinski definition) is 0. The number of benzene rings is 8. The summed E-state index contributed by atoms with van der Waals surface area (Å²) in [6.45, 7) is 27.6. The van der Waals surface area contributed by atoms with E-state index in [0.29, 0.717) is 0 Å². The highest BCUT2D eigenvalue weighted by atomic mass is 14.5. The monoisotopic (exact) mass is 758 g/mol. The zero-order chi connectivity index (χ0) is 40.9. The lowest BCUT2D eigenvalue weighted by Gasteiger charge is -2.31. The van der Waals surface area contributed by atoms with E-state index in [1.165, 1.54) is 122 Å². The molecular weight excluding hydrogens is 709 g/mol. The zero-order valence-corrected chi connectivity index (χ0v) is 35.6. The summed E-state index contributed by atoms with van der Waals surface area (Å²) in [5.41, 5.74) is 26.1. The molecular formula is C59H50. The predicted octanol–water partition coefficient (Wildman–Crippen LogP) is 16.3. The van der Waals surface area contributed by atoms with Gasteiger partial charge >= 0.3 is 0 Å². The molecule has 0 aromatic heterocycles. The molecule has 286 valence electrons. The van der Waals surface area contributed by atoms with Crippen molar-refractivity contribution in [2.45, 2.75) is 71.6 Å². The molecule has 0 saturated carbocycles. The van der Waals surface area contributed by atoms with E-state index in [1.807, 2.05) is 0 Å². The number of fused-ring (bicyclic) bond motifs is 14. The van der Waals surface area contributed by atoms with Gasteiger partial charge in [0.2, 0.25) is 0 Å². The average molecular weight is 759 g/mol. The first-order valence-corrected chi connectivity index (χ1v) is 21.2. The van der Waals surface area contributed by atoms with E-state index in [2.05, 4.69) is 202 Å². The Morgan fingerprint density at radius 2 is 0.712 bits per heavy atom. The van der Waals surface area contributed by atoms with Gasteiger partial charge in [-0.15, -0.1) is 0 Å². The lowest BCUT2D eigenvalue weighted by atomic mass is 9.71. The highest BCUT2D eigenvalue weighted by Crippen LogP contribution is 2.68. The third-order valence-corrected chi connectivity index (χ3v) is 14.6. The van der Waals surface area contributed by atoms with Gasteiger partial charge in [0.05, 0.1) is 0 Å². The molecule has 0 nitrogen and oxygen atoms in total. The maximum atomic E-state index is 4.26. The van der Waals surface area contributed by atoms with Crippen molar-refractivity contribution in [3.63, 3.8) is 0 Å². The third-order valence-electron chi connectivity index (χ3n) is 14.6. The SMILES string of the molecule is C=C(C)c1ccc(-c2c3ccccc3c(-c3ccc(C(=C)C)cc3)c3cc4c(cc23)-c2c3c(c5c(c2C4(C)C)-c2ccccc2C5(C)C)-c2ccccc2C3(C)C)cc1. The molecule has 0 unspecified atom stereocenters. The molecule has 3 aliphatic rings. The van der Waals surface area contributed by atoms with Gasteiger partial charge in [-0.05, 0) is 148 Å². The van der Waals surface area contributed by atoms with Gasteiger partial charge < -0.3 is 0 Å². The van der Waals surface area contributed by atoms with Crippen LogP contribution in [0, 0.1) is 0 Å². The fraction of sp³-hybridized carbons (Fsp3) is 0.186. The van der Waals surface area contributed by atoms with Crippen molar-refractivity contribution in [1.29, 1.82) is 0 Å². The van der Waals surface area contributed by atoms with Crippen LogP contribution in [0.5, 0.6) is 0 Å². The first-order chi connectivity index (χ1) is 28.2. The molecule has 11 rings (SSSR count). The minimum absolute atomic E-state index is 0.155. The van der Waals surface area contributed by atoms with E-state index in [4.69, 9.17) is 0 Å². The normalized spacial score (nSPS) is 15.7.